The van der Waals surface area contributed by atoms with Crippen molar-refractivity contribution in [1.29, 1.82) is 0 Å². The summed E-state index contributed by atoms with van der Waals surface area (Å²) < 4.78 is 12.1. The number of nitrogens with zero attached hydrogens (tertiary/aromatic N) is 4. The molecule has 0 spiro atoms. The van der Waals surface area contributed by atoms with Crippen molar-refractivity contribution in [2.24, 2.45) is 0 Å². The standard InChI is InChI=1S/C24H28N4O2/c1-18-10-11-20(29-18)16-27-15-12-22-21(17-27)23(30-19-8-4-2-5-9-19)26-24(25-22)28-13-6-3-7-14-28/h2,4-5,8-11H,3,6-7,12-17H2,1H3. The van der Waals surface area contributed by atoms with Crippen molar-refractivity contribution in [2.45, 2.75) is 45.7 Å². The van der Waals surface area contributed by atoms with E-state index in [9.17, 15) is 0 Å². The van der Waals surface area contributed by atoms with Crippen LogP contribution in [0, 0.1) is 6.92 Å². The number of aryl methyl sites for hydroxylation is 1. The normalized spacial score (nSPS) is 17.0. The molecule has 156 valence electrons. The summed E-state index contributed by atoms with van der Waals surface area (Å²) in [4.78, 5) is 14.5. The largest absolute Gasteiger partial charge is 0.465 e. The van der Waals surface area contributed by atoms with E-state index in [0.29, 0.717) is 5.88 Å². The Morgan fingerprint density at radius 3 is 2.57 bits per heavy atom. The van der Waals surface area contributed by atoms with Gasteiger partial charge in [-0.3, -0.25) is 4.90 Å². The molecule has 4 heterocycles. The third-order valence-corrected chi connectivity index (χ3v) is 5.86. The molecule has 0 N–H and O–H groups in total. The Kier molecular flexibility index (Phi) is 5.41. The lowest BCUT2D eigenvalue weighted by molar-refractivity contribution is 0.218. The highest BCUT2D eigenvalue weighted by Gasteiger charge is 2.26. The molecular formula is C24H28N4O2. The lowest BCUT2D eigenvalue weighted by Gasteiger charge is -2.31. The molecule has 1 fully saturated rings. The molecule has 0 radical (unpaired) electrons. The molecule has 6 nitrogen and oxygen atoms in total. The minimum Gasteiger partial charge on any atom is -0.465 e. The Morgan fingerprint density at radius 1 is 0.967 bits per heavy atom. The first-order valence-corrected chi connectivity index (χ1v) is 10.9. The predicted molar refractivity (Wildman–Crippen MR) is 116 cm³/mol. The molecule has 0 unspecified atom stereocenters. The summed E-state index contributed by atoms with van der Waals surface area (Å²) in [6, 6.07) is 14.0. The maximum absolute atomic E-state index is 6.28. The number of para-hydroxylation sites is 1. The van der Waals surface area contributed by atoms with Crippen LogP contribution in [0.25, 0.3) is 0 Å². The smallest absolute Gasteiger partial charge is 0.228 e. The fourth-order valence-electron chi connectivity index (χ4n) is 4.27. The quantitative estimate of drug-likeness (QED) is 0.613. The molecule has 5 rings (SSSR count). The second kappa shape index (κ2) is 8.48. The molecule has 3 aromatic rings. The highest BCUT2D eigenvalue weighted by atomic mass is 16.5. The van der Waals surface area contributed by atoms with E-state index in [-0.39, 0.29) is 0 Å². The summed E-state index contributed by atoms with van der Waals surface area (Å²) in [5.74, 6) is 4.25. The van der Waals surface area contributed by atoms with Crippen LogP contribution in [0.15, 0.2) is 46.9 Å². The second-order valence-corrected chi connectivity index (χ2v) is 8.19. The van der Waals surface area contributed by atoms with Crippen LogP contribution in [-0.2, 0) is 19.5 Å². The van der Waals surface area contributed by atoms with E-state index in [4.69, 9.17) is 19.1 Å². The van der Waals surface area contributed by atoms with Crippen LogP contribution >= 0.6 is 0 Å². The zero-order valence-electron chi connectivity index (χ0n) is 17.5. The molecule has 1 aromatic carbocycles. The number of benzene rings is 1. The Bertz CT molecular complexity index is 996. The van der Waals surface area contributed by atoms with Crippen molar-refractivity contribution < 1.29 is 9.15 Å². The summed E-state index contributed by atoms with van der Waals surface area (Å²) in [7, 11) is 0. The predicted octanol–water partition coefficient (Wildman–Crippen LogP) is 4.72. The van der Waals surface area contributed by atoms with Crippen molar-refractivity contribution >= 4 is 5.95 Å². The van der Waals surface area contributed by atoms with Gasteiger partial charge in [-0.25, -0.2) is 4.98 Å². The molecular weight excluding hydrogens is 376 g/mol. The van der Waals surface area contributed by atoms with Gasteiger partial charge in [0.2, 0.25) is 11.8 Å². The number of hydrogen-bond donors (Lipinski definition) is 0. The SMILES string of the molecule is Cc1ccc(CN2CCc3nc(N4CCCCC4)nc(Oc4ccccc4)c3C2)o1. The van der Waals surface area contributed by atoms with Crippen LogP contribution in [0.2, 0.25) is 0 Å². The third kappa shape index (κ3) is 4.19. The number of hydrogen-bond acceptors (Lipinski definition) is 6. The minimum atomic E-state index is 0.687. The van der Waals surface area contributed by atoms with E-state index in [0.717, 1.165) is 73.6 Å². The van der Waals surface area contributed by atoms with Crippen LogP contribution in [0.3, 0.4) is 0 Å². The summed E-state index contributed by atoms with van der Waals surface area (Å²) in [6.07, 6.45) is 4.58. The van der Waals surface area contributed by atoms with Crippen molar-refractivity contribution in [3.05, 3.63) is 65.2 Å². The van der Waals surface area contributed by atoms with Gasteiger partial charge < -0.3 is 14.1 Å². The monoisotopic (exact) mass is 404 g/mol. The lowest BCUT2D eigenvalue weighted by Crippen LogP contribution is -2.34. The first-order chi connectivity index (χ1) is 14.7. The topological polar surface area (TPSA) is 54.6 Å². The average molecular weight is 405 g/mol. The molecule has 0 aliphatic carbocycles. The summed E-state index contributed by atoms with van der Waals surface area (Å²) in [5.41, 5.74) is 2.21. The van der Waals surface area contributed by atoms with Gasteiger partial charge in [-0.1, -0.05) is 18.2 Å². The van der Waals surface area contributed by atoms with Gasteiger partial charge in [0.05, 0.1) is 17.8 Å². The maximum Gasteiger partial charge on any atom is 0.228 e. The molecule has 30 heavy (non-hydrogen) atoms. The number of aromatic nitrogens is 2. The molecule has 1 saturated heterocycles. The summed E-state index contributed by atoms with van der Waals surface area (Å²) >= 11 is 0. The van der Waals surface area contributed by atoms with Crippen LogP contribution in [0.4, 0.5) is 5.95 Å². The second-order valence-electron chi connectivity index (χ2n) is 8.19. The molecule has 2 aromatic heterocycles. The van der Waals surface area contributed by atoms with Crippen molar-refractivity contribution in [1.82, 2.24) is 14.9 Å². The molecule has 0 amide bonds. The van der Waals surface area contributed by atoms with Gasteiger partial charge in [0.25, 0.3) is 0 Å². The van der Waals surface area contributed by atoms with Crippen molar-refractivity contribution in [2.75, 3.05) is 24.5 Å². The average Bonchev–Trinajstić information content (AvgIpc) is 3.19. The van der Waals surface area contributed by atoms with Gasteiger partial charge in [0.1, 0.15) is 17.3 Å². The van der Waals surface area contributed by atoms with E-state index >= 15 is 0 Å². The number of rotatable bonds is 5. The molecule has 0 bridgehead atoms. The fourth-order valence-corrected chi connectivity index (χ4v) is 4.27. The zero-order valence-corrected chi connectivity index (χ0v) is 17.5. The van der Waals surface area contributed by atoms with Crippen molar-refractivity contribution in [3.63, 3.8) is 0 Å². The molecule has 2 aliphatic rings. The first-order valence-electron chi connectivity index (χ1n) is 10.9. The van der Waals surface area contributed by atoms with Crippen LogP contribution in [-0.4, -0.2) is 34.5 Å². The number of piperidine rings is 1. The zero-order chi connectivity index (χ0) is 20.3. The van der Waals surface area contributed by atoms with Crippen LogP contribution in [0.5, 0.6) is 11.6 Å². The van der Waals surface area contributed by atoms with Gasteiger partial charge in [-0.05, 0) is 50.5 Å². The van der Waals surface area contributed by atoms with E-state index in [1.165, 1.54) is 19.3 Å². The lowest BCUT2D eigenvalue weighted by atomic mass is 10.1. The number of anilines is 1. The molecule has 6 heteroatoms. The Morgan fingerprint density at radius 2 is 1.80 bits per heavy atom. The molecule has 0 saturated carbocycles. The van der Waals surface area contributed by atoms with Crippen LogP contribution < -0.4 is 9.64 Å². The maximum atomic E-state index is 6.28. The van der Waals surface area contributed by atoms with Gasteiger partial charge >= 0.3 is 0 Å². The first kappa shape index (κ1) is 19.1. The van der Waals surface area contributed by atoms with Gasteiger partial charge in [0.15, 0.2) is 0 Å². The third-order valence-electron chi connectivity index (χ3n) is 5.86. The Balaban J connectivity index is 1.45. The Hall–Kier alpha value is -2.86. The number of furan rings is 1. The van der Waals surface area contributed by atoms with E-state index in [2.05, 4.69) is 15.9 Å². The van der Waals surface area contributed by atoms with Gasteiger partial charge in [-0.2, -0.15) is 4.98 Å². The molecule has 0 atom stereocenters. The van der Waals surface area contributed by atoms with Crippen molar-refractivity contribution in [3.8, 4) is 11.6 Å². The van der Waals surface area contributed by atoms with E-state index in [1.807, 2.05) is 43.3 Å². The minimum absolute atomic E-state index is 0.687. The van der Waals surface area contributed by atoms with Gasteiger partial charge in [0, 0.05) is 32.6 Å². The fraction of sp³-hybridized carbons (Fsp3) is 0.417. The molecule has 2 aliphatic heterocycles. The van der Waals surface area contributed by atoms with Crippen LogP contribution in [0.1, 0.15) is 42.0 Å². The van der Waals surface area contributed by atoms with Gasteiger partial charge in [-0.15, -0.1) is 0 Å². The summed E-state index contributed by atoms with van der Waals surface area (Å²) in [6.45, 7) is 6.52. The van der Waals surface area contributed by atoms with E-state index < -0.39 is 0 Å². The highest BCUT2D eigenvalue weighted by Crippen LogP contribution is 2.32. The van der Waals surface area contributed by atoms with E-state index in [1.54, 1.807) is 0 Å². The number of fused-ring (bicyclic) bond motifs is 1. The highest BCUT2D eigenvalue weighted by molar-refractivity contribution is 5.43. The summed E-state index contributed by atoms with van der Waals surface area (Å²) in [5, 5.41) is 0. The number of ether oxygens (including phenoxy) is 1. The Labute approximate surface area is 177 Å².